The molecule has 0 amide bonds. The van der Waals surface area contributed by atoms with E-state index in [0.29, 0.717) is 18.9 Å². The van der Waals surface area contributed by atoms with E-state index < -0.39 is 12.0 Å². The zero-order valence-corrected chi connectivity index (χ0v) is 9.57. The number of nitrogens with zero attached hydrogens (tertiary/aromatic N) is 3. The van der Waals surface area contributed by atoms with Gasteiger partial charge in [0.2, 0.25) is 5.82 Å². The van der Waals surface area contributed by atoms with Crippen molar-refractivity contribution < 1.29 is 18.0 Å². The van der Waals surface area contributed by atoms with Crippen LogP contribution in [0.4, 0.5) is 19.0 Å². The first-order chi connectivity index (χ1) is 8.57. The second-order valence-corrected chi connectivity index (χ2v) is 3.47. The molecule has 1 aromatic rings. The summed E-state index contributed by atoms with van der Waals surface area (Å²) in [6.07, 6.45) is -3.34. The van der Waals surface area contributed by atoms with Crippen LogP contribution in [0.25, 0.3) is 0 Å². The van der Waals surface area contributed by atoms with Crippen molar-refractivity contribution in [1.82, 2.24) is 15.3 Å². The van der Waals surface area contributed by atoms with Crippen molar-refractivity contribution in [2.45, 2.75) is 6.18 Å². The average Bonchev–Trinajstić information content (AvgIpc) is 2.41. The number of hydrogen-bond donors (Lipinski definition) is 1. The summed E-state index contributed by atoms with van der Waals surface area (Å²) in [5, 5.41) is 3.12. The Morgan fingerprint density at radius 1 is 1.28 bits per heavy atom. The highest BCUT2D eigenvalue weighted by atomic mass is 19.4. The molecule has 0 atom stereocenters. The van der Waals surface area contributed by atoms with Crippen LogP contribution < -0.4 is 10.2 Å². The molecule has 0 unspecified atom stereocenters. The van der Waals surface area contributed by atoms with Crippen LogP contribution in [-0.2, 0) is 11.0 Å². The molecule has 0 bridgehead atoms. The third-order valence-electron chi connectivity index (χ3n) is 2.34. The normalized spacial score (nSPS) is 15.8. The predicted molar refractivity (Wildman–Crippen MR) is 59.2 cm³/mol. The van der Waals surface area contributed by atoms with Gasteiger partial charge < -0.3 is 15.0 Å². The van der Waals surface area contributed by atoms with E-state index in [4.69, 9.17) is 4.79 Å². The number of rotatable bonds is 1. The Balaban J connectivity index is 0.000000771. The lowest BCUT2D eigenvalue weighted by Crippen LogP contribution is -2.44. The zero-order chi connectivity index (χ0) is 13.6. The summed E-state index contributed by atoms with van der Waals surface area (Å²) in [5.74, 6) is -0.743. The van der Waals surface area contributed by atoms with Crippen LogP contribution in [0.3, 0.4) is 0 Å². The summed E-state index contributed by atoms with van der Waals surface area (Å²) < 4.78 is 37.1. The minimum Gasteiger partial charge on any atom is -0.354 e. The van der Waals surface area contributed by atoms with Crippen molar-refractivity contribution in [2.24, 2.45) is 0 Å². The first-order valence-corrected chi connectivity index (χ1v) is 5.22. The van der Waals surface area contributed by atoms with E-state index in [1.54, 1.807) is 0 Å². The fraction of sp³-hybridized carbons (Fsp3) is 0.500. The van der Waals surface area contributed by atoms with Gasteiger partial charge in [-0.25, -0.2) is 9.97 Å². The number of halogens is 3. The number of nitrogens with one attached hydrogen (secondary N) is 1. The Labute approximate surface area is 102 Å². The molecule has 18 heavy (non-hydrogen) atoms. The van der Waals surface area contributed by atoms with Gasteiger partial charge in [0.25, 0.3) is 0 Å². The highest BCUT2D eigenvalue weighted by molar-refractivity contribution is 5.38. The minimum absolute atomic E-state index is 0.337. The molecule has 0 spiro atoms. The fourth-order valence-electron chi connectivity index (χ4n) is 1.56. The molecule has 0 aromatic carbocycles. The highest BCUT2D eigenvalue weighted by Crippen LogP contribution is 2.27. The molecule has 2 heterocycles. The van der Waals surface area contributed by atoms with Crippen molar-refractivity contribution >= 4 is 12.6 Å². The molecule has 100 valence electrons. The quantitative estimate of drug-likeness (QED) is 0.808. The molecular formula is C10H13F3N4O. The van der Waals surface area contributed by atoms with E-state index in [0.717, 1.165) is 19.3 Å². The van der Waals surface area contributed by atoms with Crippen LogP contribution in [0.5, 0.6) is 0 Å². The summed E-state index contributed by atoms with van der Waals surface area (Å²) in [4.78, 5) is 16.6. The van der Waals surface area contributed by atoms with Gasteiger partial charge in [0.05, 0.1) is 0 Å². The Morgan fingerprint density at radius 2 is 1.89 bits per heavy atom. The van der Waals surface area contributed by atoms with Crippen molar-refractivity contribution in [3.05, 3.63) is 18.1 Å². The van der Waals surface area contributed by atoms with Crippen molar-refractivity contribution in [1.29, 1.82) is 0 Å². The number of aromatic nitrogens is 2. The molecule has 0 radical (unpaired) electrons. The Bertz CT molecular complexity index is 380. The second kappa shape index (κ2) is 6.29. The van der Waals surface area contributed by atoms with Gasteiger partial charge in [-0.15, -0.1) is 0 Å². The topological polar surface area (TPSA) is 58.1 Å². The Morgan fingerprint density at radius 3 is 2.44 bits per heavy atom. The van der Waals surface area contributed by atoms with Crippen molar-refractivity contribution in [3.63, 3.8) is 0 Å². The van der Waals surface area contributed by atoms with Gasteiger partial charge >= 0.3 is 6.18 Å². The summed E-state index contributed by atoms with van der Waals surface area (Å²) in [5.41, 5.74) is 0. The molecule has 1 N–H and O–H groups in total. The Hall–Kier alpha value is -1.70. The van der Waals surface area contributed by atoms with Crippen molar-refractivity contribution in [3.8, 4) is 0 Å². The smallest absolute Gasteiger partial charge is 0.354 e. The average molecular weight is 262 g/mol. The lowest BCUT2D eigenvalue weighted by molar-refractivity contribution is -0.144. The number of carbonyl (C=O) groups excluding carboxylic acids is 1. The molecule has 1 aliphatic rings. The molecule has 1 aromatic heterocycles. The van der Waals surface area contributed by atoms with Gasteiger partial charge in [-0.05, 0) is 6.07 Å². The molecule has 2 rings (SSSR count). The van der Waals surface area contributed by atoms with Gasteiger partial charge in [0.15, 0.2) is 0 Å². The summed E-state index contributed by atoms with van der Waals surface area (Å²) in [7, 11) is 0. The number of hydrogen-bond acceptors (Lipinski definition) is 5. The minimum atomic E-state index is -4.48. The number of piperazine rings is 1. The SMILES string of the molecule is C=O.FC(F)(F)c1nccc(N2CCNCC2)n1. The molecule has 0 aliphatic carbocycles. The zero-order valence-electron chi connectivity index (χ0n) is 9.57. The predicted octanol–water partition coefficient (Wildman–Crippen LogP) is 0.720. The van der Waals surface area contributed by atoms with Gasteiger partial charge in [-0.2, -0.15) is 13.2 Å². The van der Waals surface area contributed by atoms with Crippen LogP contribution in [0.2, 0.25) is 0 Å². The maximum atomic E-state index is 12.4. The maximum absolute atomic E-state index is 12.4. The van der Waals surface area contributed by atoms with Gasteiger partial charge in [-0.1, -0.05) is 0 Å². The van der Waals surface area contributed by atoms with Crippen LogP contribution in [-0.4, -0.2) is 42.9 Å². The number of carbonyl (C=O) groups is 1. The van der Waals surface area contributed by atoms with Crippen LogP contribution >= 0.6 is 0 Å². The summed E-state index contributed by atoms with van der Waals surface area (Å²) in [6.45, 7) is 4.83. The molecule has 5 nitrogen and oxygen atoms in total. The number of anilines is 1. The van der Waals surface area contributed by atoms with Crippen LogP contribution in [0.15, 0.2) is 12.3 Å². The first-order valence-electron chi connectivity index (χ1n) is 5.22. The van der Waals surface area contributed by atoms with Gasteiger partial charge in [-0.3, -0.25) is 0 Å². The maximum Gasteiger partial charge on any atom is 0.451 e. The highest BCUT2D eigenvalue weighted by Gasteiger charge is 2.35. The second-order valence-electron chi connectivity index (χ2n) is 3.47. The van der Waals surface area contributed by atoms with Crippen LogP contribution in [0.1, 0.15) is 5.82 Å². The molecular weight excluding hydrogens is 249 g/mol. The van der Waals surface area contributed by atoms with E-state index in [2.05, 4.69) is 15.3 Å². The lowest BCUT2D eigenvalue weighted by atomic mass is 10.3. The lowest BCUT2D eigenvalue weighted by Gasteiger charge is -2.28. The third kappa shape index (κ3) is 3.66. The van der Waals surface area contributed by atoms with Crippen LogP contribution in [0, 0.1) is 0 Å². The molecule has 1 fully saturated rings. The van der Waals surface area contributed by atoms with E-state index in [1.807, 2.05) is 11.7 Å². The largest absolute Gasteiger partial charge is 0.451 e. The molecule has 8 heteroatoms. The van der Waals surface area contributed by atoms with E-state index in [9.17, 15) is 13.2 Å². The van der Waals surface area contributed by atoms with E-state index >= 15 is 0 Å². The standard InChI is InChI=1S/C9H11F3N4.CH2O/c10-9(11,12)8-14-2-1-7(15-8)16-5-3-13-4-6-16;1-2/h1-2,13H,3-6H2;1H2. The fourth-order valence-corrected chi connectivity index (χ4v) is 1.56. The van der Waals surface area contributed by atoms with Gasteiger partial charge in [0.1, 0.15) is 12.6 Å². The first kappa shape index (κ1) is 14.4. The molecule has 1 aliphatic heterocycles. The van der Waals surface area contributed by atoms with E-state index in [1.165, 1.54) is 6.07 Å². The summed E-state index contributed by atoms with van der Waals surface area (Å²) >= 11 is 0. The summed E-state index contributed by atoms with van der Waals surface area (Å²) in [6, 6.07) is 1.50. The third-order valence-corrected chi connectivity index (χ3v) is 2.34. The molecule has 1 saturated heterocycles. The number of alkyl halides is 3. The monoisotopic (exact) mass is 262 g/mol. The van der Waals surface area contributed by atoms with Gasteiger partial charge in [0, 0.05) is 32.4 Å². The van der Waals surface area contributed by atoms with E-state index in [-0.39, 0.29) is 0 Å². The molecule has 0 saturated carbocycles. The Kier molecular flexibility index (Phi) is 5.02. The van der Waals surface area contributed by atoms with Crippen molar-refractivity contribution in [2.75, 3.05) is 31.1 Å².